The van der Waals surface area contributed by atoms with Crippen LogP contribution in [0.1, 0.15) is 37.8 Å². The number of benzene rings is 2. The Morgan fingerprint density at radius 2 is 1.88 bits per heavy atom. The molecular weight excluding hydrogens is 427 g/mol. The van der Waals surface area contributed by atoms with Gasteiger partial charge in [-0.2, -0.15) is 0 Å². The first-order chi connectivity index (χ1) is 15.1. The molecule has 32 heavy (non-hydrogen) atoms. The molecule has 0 aliphatic carbocycles. The summed E-state index contributed by atoms with van der Waals surface area (Å²) >= 11 is 0. The van der Waals surface area contributed by atoms with Crippen LogP contribution in [0.3, 0.4) is 0 Å². The number of halogens is 1. The Balaban J connectivity index is 1.94. The van der Waals surface area contributed by atoms with E-state index in [1.165, 1.54) is 12.3 Å². The minimum Gasteiger partial charge on any atom is -0.369 e. The lowest BCUT2D eigenvalue weighted by Crippen LogP contribution is -2.35. The first-order valence-corrected chi connectivity index (χ1v) is 12.6. The van der Waals surface area contributed by atoms with Crippen LogP contribution in [0.4, 0.5) is 10.1 Å². The van der Waals surface area contributed by atoms with Crippen LogP contribution in [0.2, 0.25) is 0 Å². The van der Waals surface area contributed by atoms with E-state index in [1.807, 2.05) is 24.8 Å². The normalized spacial score (nSPS) is 17.2. The zero-order valence-electron chi connectivity index (χ0n) is 19.0. The Morgan fingerprint density at radius 1 is 1.12 bits per heavy atom. The maximum Gasteiger partial charge on any atom is 0.212 e. The topological polar surface area (TPSA) is 59.4 Å². The number of fused-ring (bicyclic) bond motifs is 1. The van der Waals surface area contributed by atoms with E-state index in [2.05, 4.69) is 6.92 Å². The van der Waals surface area contributed by atoms with E-state index in [1.54, 1.807) is 29.7 Å². The molecule has 0 amide bonds. The Hall–Kier alpha value is -2.67. The highest BCUT2D eigenvalue weighted by atomic mass is 32.2. The Morgan fingerprint density at radius 3 is 2.56 bits per heavy atom. The first kappa shape index (κ1) is 22.5. The van der Waals surface area contributed by atoms with Crippen LogP contribution < -0.4 is 10.3 Å². The fourth-order valence-electron chi connectivity index (χ4n) is 4.59. The Labute approximate surface area is 188 Å². The number of sulfone groups is 1. The van der Waals surface area contributed by atoms with E-state index in [-0.39, 0.29) is 15.2 Å². The summed E-state index contributed by atoms with van der Waals surface area (Å²) in [4.78, 5) is 15.1. The van der Waals surface area contributed by atoms with Crippen LogP contribution in [0.5, 0.6) is 0 Å². The molecule has 1 atom stereocenters. The summed E-state index contributed by atoms with van der Waals surface area (Å²) in [5, 5.41) is 0.0875. The van der Waals surface area contributed by atoms with Gasteiger partial charge in [0.1, 0.15) is 10.7 Å². The molecule has 1 fully saturated rings. The number of rotatable bonds is 4. The van der Waals surface area contributed by atoms with Gasteiger partial charge in [-0.25, -0.2) is 12.8 Å². The standard InChI is InChI=1S/C25H29FN2O3S/c1-5-27-15-24(32(30,31)23-11-16(2)8-9-18(23)4)25(29)19-12-20(26)22(13-21(19)27)28-10-6-7-17(3)14-28/h8-9,11-13,15,17H,5-7,10,14H2,1-4H3/t17-/m1/s1. The van der Waals surface area contributed by atoms with Gasteiger partial charge in [-0.3, -0.25) is 4.79 Å². The summed E-state index contributed by atoms with van der Waals surface area (Å²) in [6, 6.07) is 8.04. The molecule has 170 valence electrons. The third kappa shape index (κ3) is 3.83. The van der Waals surface area contributed by atoms with Crippen molar-refractivity contribution in [2.24, 2.45) is 5.92 Å². The lowest BCUT2D eigenvalue weighted by atomic mass is 9.99. The molecule has 0 N–H and O–H groups in total. The molecule has 2 aromatic carbocycles. The summed E-state index contributed by atoms with van der Waals surface area (Å²) < 4.78 is 43.8. The fourth-order valence-corrected chi connectivity index (χ4v) is 6.28. The number of hydrogen-bond acceptors (Lipinski definition) is 4. The van der Waals surface area contributed by atoms with Crippen LogP contribution in [-0.4, -0.2) is 26.1 Å². The highest BCUT2D eigenvalue weighted by Crippen LogP contribution is 2.30. The van der Waals surface area contributed by atoms with Gasteiger partial charge in [0.2, 0.25) is 15.3 Å². The molecule has 1 aromatic heterocycles. The van der Waals surface area contributed by atoms with Gasteiger partial charge in [0.15, 0.2) is 0 Å². The van der Waals surface area contributed by atoms with Crippen LogP contribution in [-0.2, 0) is 16.4 Å². The third-order valence-corrected chi connectivity index (χ3v) is 8.27. The lowest BCUT2D eigenvalue weighted by molar-refractivity contribution is 0.442. The van der Waals surface area contributed by atoms with Crippen molar-refractivity contribution in [3.63, 3.8) is 0 Å². The zero-order valence-corrected chi connectivity index (χ0v) is 19.8. The Kier molecular flexibility index (Phi) is 5.88. The zero-order chi connectivity index (χ0) is 23.2. The SMILES string of the molecule is CCn1cc(S(=O)(=O)c2cc(C)ccc2C)c(=O)c2cc(F)c(N3CCC[C@@H](C)C3)cc21. The molecule has 0 radical (unpaired) electrons. The molecule has 7 heteroatoms. The highest BCUT2D eigenvalue weighted by molar-refractivity contribution is 7.91. The smallest absolute Gasteiger partial charge is 0.212 e. The van der Waals surface area contributed by atoms with E-state index in [0.29, 0.717) is 29.2 Å². The van der Waals surface area contributed by atoms with Crippen molar-refractivity contribution in [2.45, 2.75) is 56.9 Å². The number of nitrogens with zero attached hydrogens (tertiary/aromatic N) is 2. The predicted molar refractivity (Wildman–Crippen MR) is 126 cm³/mol. The number of hydrogen-bond donors (Lipinski definition) is 0. The van der Waals surface area contributed by atoms with Crippen molar-refractivity contribution in [1.82, 2.24) is 4.57 Å². The Bertz CT molecular complexity index is 1360. The van der Waals surface area contributed by atoms with Crippen LogP contribution in [0.15, 0.2) is 51.1 Å². The van der Waals surface area contributed by atoms with Crippen LogP contribution in [0, 0.1) is 25.6 Å². The number of pyridine rings is 1. The van der Waals surface area contributed by atoms with Crippen molar-refractivity contribution in [2.75, 3.05) is 18.0 Å². The average molecular weight is 457 g/mol. The number of aryl methyl sites for hydroxylation is 3. The van der Waals surface area contributed by atoms with Crippen LogP contribution >= 0.6 is 0 Å². The molecular formula is C25H29FN2O3S. The van der Waals surface area contributed by atoms with Gasteiger partial charge >= 0.3 is 0 Å². The summed E-state index contributed by atoms with van der Waals surface area (Å²) in [6.45, 7) is 9.52. The van der Waals surface area contributed by atoms with E-state index in [4.69, 9.17) is 0 Å². The second-order valence-corrected chi connectivity index (χ2v) is 10.8. The van der Waals surface area contributed by atoms with Crippen molar-refractivity contribution in [3.8, 4) is 0 Å². The number of anilines is 1. The quantitative estimate of drug-likeness (QED) is 0.563. The molecule has 1 aliphatic rings. The molecule has 1 saturated heterocycles. The van der Waals surface area contributed by atoms with Crippen molar-refractivity contribution >= 4 is 26.4 Å². The third-order valence-electron chi connectivity index (χ3n) is 6.38. The molecule has 0 saturated carbocycles. The summed E-state index contributed by atoms with van der Waals surface area (Å²) in [6.07, 6.45) is 3.51. The molecule has 5 nitrogen and oxygen atoms in total. The van der Waals surface area contributed by atoms with Gasteiger partial charge in [0, 0.05) is 25.8 Å². The van der Waals surface area contributed by atoms with Gasteiger partial charge in [-0.15, -0.1) is 0 Å². The molecule has 2 heterocycles. The molecule has 0 spiro atoms. The van der Waals surface area contributed by atoms with Crippen LogP contribution in [0.25, 0.3) is 10.9 Å². The number of piperidine rings is 1. The van der Waals surface area contributed by atoms with Gasteiger partial charge in [0.25, 0.3) is 0 Å². The van der Waals surface area contributed by atoms with Crippen molar-refractivity contribution in [1.29, 1.82) is 0 Å². The maximum absolute atomic E-state index is 15.2. The minimum absolute atomic E-state index is 0.0875. The monoisotopic (exact) mass is 456 g/mol. The van der Waals surface area contributed by atoms with E-state index >= 15 is 4.39 Å². The summed E-state index contributed by atoms with van der Waals surface area (Å²) in [7, 11) is -4.06. The predicted octanol–water partition coefficient (Wildman–Crippen LogP) is 4.85. The molecule has 0 unspecified atom stereocenters. The van der Waals surface area contributed by atoms with Gasteiger partial charge in [-0.1, -0.05) is 19.1 Å². The summed E-state index contributed by atoms with van der Waals surface area (Å²) in [5.41, 5.74) is 1.71. The second kappa shape index (κ2) is 8.35. The van der Waals surface area contributed by atoms with Gasteiger partial charge < -0.3 is 9.47 Å². The van der Waals surface area contributed by atoms with E-state index in [9.17, 15) is 13.2 Å². The largest absolute Gasteiger partial charge is 0.369 e. The maximum atomic E-state index is 15.2. The van der Waals surface area contributed by atoms with Crippen molar-refractivity contribution < 1.29 is 12.8 Å². The van der Waals surface area contributed by atoms with Gasteiger partial charge in [0.05, 0.1) is 21.5 Å². The van der Waals surface area contributed by atoms with E-state index in [0.717, 1.165) is 31.5 Å². The van der Waals surface area contributed by atoms with E-state index < -0.39 is 21.1 Å². The molecule has 4 rings (SSSR count). The van der Waals surface area contributed by atoms with Crippen molar-refractivity contribution in [3.05, 3.63) is 63.7 Å². The number of aromatic nitrogens is 1. The minimum atomic E-state index is -4.06. The average Bonchev–Trinajstić information content (AvgIpc) is 2.75. The fraction of sp³-hybridized carbons (Fsp3) is 0.400. The first-order valence-electron chi connectivity index (χ1n) is 11.1. The highest BCUT2D eigenvalue weighted by Gasteiger charge is 2.27. The molecule has 3 aromatic rings. The van der Waals surface area contributed by atoms with Gasteiger partial charge in [-0.05, 0) is 68.9 Å². The lowest BCUT2D eigenvalue weighted by Gasteiger charge is -2.33. The second-order valence-electron chi connectivity index (χ2n) is 8.90. The molecule has 1 aliphatic heterocycles. The summed E-state index contributed by atoms with van der Waals surface area (Å²) in [5.74, 6) is -0.0232. The molecule has 0 bridgehead atoms.